The SMILES string of the molecule is CN(C)C(=O)N[C@H]1C[C@@H](c2ccccc2)[C@]2(c3ccc(Cl)cc3)[O+]=c3ccccc3=C12. The molecule has 0 aromatic heterocycles. The average molecular weight is 432 g/mol. The van der Waals surface area contributed by atoms with Crippen LogP contribution < -0.4 is 16.0 Å². The second-order valence-corrected chi connectivity index (χ2v) is 8.79. The Morgan fingerprint density at radius 1 is 1.00 bits per heavy atom. The minimum absolute atomic E-state index is 0.0322. The fourth-order valence-electron chi connectivity index (χ4n) is 5.01. The lowest BCUT2D eigenvalue weighted by Gasteiger charge is -2.23. The molecule has 5 rings (SSSR count). The summed E-state index contributed by atoms with van der Waals surface area (Å²) in [5.74, 6) is 0.0322. The van der Waals surface area contributed by atoms with Crippen LogP contribution in [0, 0.1) is 0 Å². The highest BCUT2D eigenvalue weighted by Gasteiger charge is 2.65. The van der Waals surface area contributed by atoms with Crippen LogP contribution in [0.3, 0.4) is 0 Å². The van der Waals surface area contributed by atoms with Gasteiger partial charge in [-0.25, -0.2) is 9.22 Å². The predicted octanol–water partition coefficient (Wildman–Crippen LogP) is 3.84. The van der Waals surface area contributed by atoms with Crippen molar-refractivity contribution in [2.45, 2.75) is 24.0 Å². The molecule has 2 amide bonds. The number of carbonyl (C=O) groups excluding carboxylic acids is 1. The number of nitrogens with zero attached hydrogens (tertiary/aromatic N) is 1. The van der Waals surface area contributed by atoms with Crippen LogP contribution in [0.2, 0.25) is 5.02 Å². The topological polar surface area (TPSA) is 43.6 Å². The number of nitrogens with one attached hydrogen (secondary N) is 1. The summed E-state index contributed by atoms with van der Waals surface area (Å²) in [6.07, 6.45) is 0.746. The summed E-state index contributed by atoms with van der Waals surface area (Å²) in [6.45, 7) is 0. The van der Waals surface area contributed by atoms with E-state index in [1.165, 1.54) is 5.56 Å². The van der Waals surface area contributed by atoms with Gasteiger partial charge in [-0.2, -0.15) is 0 Å². The van der Waals surface area contributed by atoms with E-state index < -0.39 is 5.60 Å². The maximum atomic E-state index is 12.7. The summed E-state index contributed by atoms with van der Waals surface area (Å²) < 4.78 is 6.84. The van der Waals surface area contributed by atoms with Gasteiger partial charge in [-0.3, -0.25) is 0 Å². The molecular weight excluding hydrogens is 408 g/mol. The summed E-state index contributed by atoms with van der Waals surface area (Å²) >= 11 is 6.22. The summed E-state index contributed by atoms with van der Waals surface area (Å²) in [4.78, 5) is 14.2. The van der Waals surface area contributed by atoms with Gasteiger partial charge in [0, 0.05) is 25.2 Å². The highest BCUT2D eigenvalue weighted by atomic mass is 35.5. The maximum Gasteiger partial charge on any atom is 0.353 e. The monoisotopic (exact) mass is 431 g/mol. The van der Waals surface area contributed by atoms with Gasteiger partial charge in [0.05, 0.1) is 28.3 Å². The van der Waals surface area contributed by atoms with Crippen molar-refractivity contribution in [3.63, 3.8) is 0 Å². The Balaban J connectivity index is 1.79. The first-order valence-electron chi connectivity index (χ1n) is 10.4. The predicted molar refractivity (Wildman–Crippen MR) is 124 cm³/mol. The third-order valence-corrected chi connectivity index (χ3v) is 6.59. The Bertz CT molecular complexity index is 1250. The molecule has 3 atom stereocenters. The van der Waals surface area contributed by atoms with Crippen LogP contribution in [-0.4, -0.2) is 31.1 Å². The van der Waals surface area contributed by atoms with E-state index in [0.29, 0.717) is 5.02 Å². The van der Waals surface area contributed by atoms with Crippen LogP contribution in [0.25, 0.3) is 5.57 Å². The number of hydrogen-bond donors (Lipinski definition) is 1. The Labute approximate surface area is 186 Å². The zero-order valence-electron chi connectivity index (χ0n) is 17.5. The van der Waals surface area contributed by atoms with Crippen molar-refractivity contribution in [3.8, 4) is 0 Å². The molecule has 0 spiro atoms. The van der Waals surface area contributed by atoms with Crippen LogP contribution in [0.15, 0.2) is 83.3 Å². The first kappa shape index (κ1) is 19.8. The molecule has 0 radical (unpaired) electrons. The summed E-state index contributed by atoms with van der Waals surface area (Å²) in [5.41, 5.74) is 3.47. The molecule has 3 aromatic carbocycles. The maximum absolute atomic E-state index is 12.7. The van der Waals surface area contributed by atoms with Crippen molar-refractivity contribution in [1.82, 2.24) is 10.2 Å². The van der Waals surface area contributed by atoms with Crippen molar-refractivity contribution >= 4 is 23.2 Å². The number of halogens is 1. The van der Waals surface area contributed by atoms with Crippen LogP contribution in [0.4, 0.5) is 4.79 Å². The number of hydrogen-bond acceptors (Lipinski definition) is 1. The van der Waals surface area contributed by atoms with E-state index in [2.05, 4.69) is 35.6 Å². The van der Waals surface area contributed by atoms with Crippen molar-refractivity contribution < 1.29 is 4.79 Å². The van der Waals surface area contributed by atoms with Gasteiger partial charge in [0.1, 0.15) is 0 Å². The fourth-order valence-corrected chi connectivity index (χ4v) is 5.14. The number of amides is 2. The lowest BCUT2D eigenvalue weighted by Crippen LogP contribution is -2.43. The van der Waals surface area contributed by atoms with Gasteiger partial charge in [-0.05, 0) is 42.3 Å². The van der Waals surface area contributed by atoms with E-state index in [1.54, 1.807) is 19.0 Å². The third-order valence-electron chi connectivity index (χ3n) is 6.34. The largest absolute Gasteiger partial charge is 0.353 e. The first-order chi connectivity index (χ1) is 15.0. The van der Waals surface area contributed by atoms with E-state index in [1.807, 2.05) is 48.5 Å². The minimum atomic E-state index is -0.708. The van der Waals surface area contributed by atoms with Crippen molar-refractivity contribution in [2.24, 2.45) is 0 Å². The van der Waals surface area contributed by atoms with Gasteiger partial charge in [-0.15, -0.1) is 0 Å². The summed E-state index contributed by atoms with van der Waals surface area (Å²) in [7, 11) is 3.52. The quantitative estimate of drug-likeness (QED) is 0.629. The summed E-state index contributed by atoms with van der Waals surface area (Å²) in [6, 6.07) is 26.1. The number of para-hydroxylation sites is 1. The van der Waals surface area contributed by atoms with Crippen LogP contribution >= 0.6 is 11.6 Å². The van der Waals surface area contributed by atoms with Crippen LogP contribution in [0.1, 0.15) is 23.5 Å². The van der Waals surface area contributed by atoms with Crippen molar-refractivity contribution in [2.75, 3.05) is 14.1 Å². The van der Waals surface area contributed by atoms with Gasteiger partial charge in [0.2, 0.25) is 0 Å². The lowest BCUT2D eigenvalue weighted by molar-refractivity contribution is 0.215. The third kappa shape index (κ3) is 3.14. The molecule has 1 heterocycles. The Kier molecular flexibility index (Phi) is 4.82. The molecule has 1 fully saturated rings. The average Bonchev–Trinajstić information content (AvgIpc) is 3.28. The van der Waals surface area contributed by atoms with Gasteiger partial charge in [0.25, 0.3) is 0 Å². The smallest absolute Gasteiger partial charge is 0.331 e. The van der Waals surface area contributed by atoms with Gasteiger partial charge >= 0.3 is 17.1 Å². The number of carbonyl (C=O) groups is 1. The molecule has 0 bridgehead atoms. The van der Waals surface area contributed by atoms with E-state index in [9.17, 15) is 4.79 Å². The van der Waals surface area contributed by atoms with Gasteiger partial charge in [0.15, 0.2) is 0 Å². The Hall–Kier alpha value is -3.11. The number of fused-ring (bicyclic) bond motifs is 2. The standard InChI is InChI=1S/C26H23ClN2O2/c1-29(2)25(30)28-22-16-21(17-8-4-3-5-9-17)26(18-12-14-19(27)15-13-18)24(22)20-10-6-7-11-23(20)31-26/h3-15,21-22H,16H2,1-2H3/p+1/t21-,22-,26-/m0/s1. The summed E-state index contributed by atoms with van der Waals surface area (Å²) in [5, 5.41) is 4.98. The molecule has 0 unspecified atom stereocenters. The minimum Gasteiger partial charge on any atom is -0.331 e. The normalized spacial score (nSPS) is 23.6. The first-order valence-corrected chi connectivity index (χ1v) is 10.8. The zero-order chi connectivity index (χ0) is 21.6. The van der Waals surface area contributed by atoms with Gasteiger partial charge < -0.3 is 10.2 Å². The Morgan fingerprint density at radius 3 is 2.39 bits per heavy atom. The highest BCUT2D eigenvalue weighted by molar-refractivity contribution is 6.30. The van der Waals surface area contributed by atoms with Crippen LogP contribution in [0.5, 0.6) is 0 Å². The van der Waals surface area contributed by atoms with E-state index in [0.717, 1.165) is 28.2 Å². The molecule has 31 heavy (non-hydrogen) atoms. The number of urea groups is 1. The van der Waals surface area contributed by atoms with Crippen molar-refractivity contribution in [1.29, 1.82) is 0 Å². The van der Waals surface area contributed by atoms with E-state index in [-0.39, 0.29) is 18.0 Å². The second kappa shape index (κ2) is 7.54. The second-order valence-electron chi connectivity index (χ2n) is 8.35. The molecule has 0 saturated heterocycles. The van der Waals surface area contributed by atoms with Crippen LogP contribution in [-0.2, 0) is 5.60 Å². The molecule has 156 valence electrons. The molecule has 1 N–H and O–H groups in total. The fraction of sp³-hybridized carbons (Fsp3) is 0.231. The molecule has 1 saturated carbocycles. The molecule has 4 nitrogen and oxygen atoms in total. The zero-order valence-corrected chi connectivity index (χ0v) is 18.3. The van der Waals surface area contributed by atoms with E-state index in [4.69, 9.17) is 16.0 Å². The molecule has 1 aliphatic carbocycles. The number of benzene rings is 3. The molecule has 2 aliphatic rings. The molecular formula is C26H24ClN2O2+. The van der Waals surface area contributed by atoms with E-state index >= 15 is 0 Å². The molecule has 5 heteroatoms. The molecule has 3 aromatic rings. The van der Waals surface area contributed by atoms with Gasteiger partial charge in [-0.1, -0.05) is 54.1 Å². The number of rotatable bonds is 3. The Morgan fingerprint density at radius 2 is 1.68 bits per heavy atom. The molecule has 1 aliphatic heterocycles. The highest BCUT2D eigenvalue weighted by Crippen LogP contribution is 2.56. The van der Waals surface area contributed by atoms with Crippen molar-refractivity contribution in [3.05, 3.63) is 110 Å². The lowest BCUT2D eigenvalue weighted by atomic mass is 9.78.